The Bertz CT molecular complexity index is 696. The summed E-state index contributed by atoms with van der Waals surface area (Å²) in [6.07, 6.45) is 5.68. The third-order valence-electron chi connectivity index (χ3n) is 4.52. The van der Waals surface area contributed by atoms with Crippen LogP contribution in [0, 0.1) is 13.8 Å². The van der Waals surface area contributed by atoms with Crippen molar-refractivity contribution in [1.82, 2.24) is 19.4 Å². The molecule has 0 bridgehead atoms. The number of carbonyl (C=O) groups excluding carboxylic acids is 1. The topological polar surface area (TPSA) is 51.9 Å². The van der Waals surface area contributed by atoms with E-state index in [2.05, 4.69) is 40.2 Å². The normalized spacial score (nSPS) is 17.6. The lowest BCUT2D eigenvalue weighted by Crippen LogP contribution is -2.41. The summed E-state index contributed by atoms with van der Waals surface area (Å²) in [6.45, 7) is 9.18. The molecular formula is C17H24N4O. The molecule has 0 saturated carbocycles. The zero-order chi connectivity index (χ0) is 15.9. The molecule has 22 heavy (non-hydrogen) atoms. The predicted octanol–water partition coefficient (Wildman–Crippen LogP) is 2.63. The molecule has 5 nitrogen and oxygen atoms in total. The third kappa shape index (κ3) is 2.56. The second-order valence-corrected chi connectivity index (χ2v) is 6.45. The Balaban J connectivity index is 1.75. The average Bonchev–Trinajstić information content (AvgIpc) is 3.02. The lowest BCUT2D eigenvalue weighted by atomic mass is 10.1. The van der Waals surface area contributed by atoms with E-state index < -0.39 is 0 Å². The number of hydrogen-bond donors (Lipinski definition) is 1. The number of nitrogens with zero attached hydrogens (tertiary/aromatic N) is 3. The minimum atomic E-state index is 0.0357. The van der Waals surface area contributed by atoms with Crippen molar-refractivity contribution in [3.05, 3.63) is 41.2 Å². The fraction of sp³-hybridized carbons (Fsp3) is 0.529. The first-order chi connectivity index (χ1) is 10.5. The molecule has 0 aromatic carbocycles. The second kappa shape index (κ2) is 5.63. The average molecular weight is 300 g/mol. The van der Waals surface area contributed by atoms with E-state index in [0.717, 1.165) is 42.2 Å². The van der Waals surface area contributed by atoms with Crippen LogP contribution in [0.2, 0.25) is 0 Å². The molecule has 1 aliphatic heterocycles. The van der Waals surface area contributed by atoms with Gasteiger partial charge in [-0.25, -0.2) is 4.98 Å². The number of aryl methyl sites for hydroxylation is 2. The minimum absolute atomic E-state index is 0.0357. The quantitative estimate of drug-likeness (QED) is 0.947. The number of amides is 1. The Morgan fingerprint density at radius 1 is 1.41 bits per heavy atom. The molecular weight excluding hydrogens is 276 g/mol. The number of carbonyl (C=O) groups is 1. The van der Waals surface area contributed by atoms with Crippen LogP contribution in [0.3, 0.4) is 0 Å². The number of rotatable bonds is 3. The Morgan fingerprint density at radius 3 is 2.86 bits per heavy atom. The van der Waals surface area contributed by atoms with Crippen molar-refractivity contribution in [2.75, 3.05) is 0 Å². The van der Waals surface area contributed by atoms with Gasteiger partial charge in [0, 0.05) is 48.8 Å². The predicted molar refractivity (Wildman–Crippen MR) is 86.1 cm³/mol. The van der Waals surface area contributed by atoms with E-state index in [4.69, 9.17) is 0 Å². The van der Waals surface area contributed by atoms with Gasteiger partial charge in [0.15, 0.2) is 0 Å². The van der Waals surface area contributed by atoms with Gasteiger partial charge in [0.05, 0.1) is 5.56 Å². The van der Waals surface area contributed by atoms with Crippen molar-refractivity contribution in [3.63, 3.8) is 0 Å². The fourth-order valence-corrected chi connectivity index (χ4v) is 3.55. The highest BCUT2D eigenvalue weighted by Crippen LogP contribution is 2.21. The Kier molecular flexibility index (Phi) is 3.81. The maximum atomic E-state index is 12.6. The molecule has 0 aliphatic carbocycles. The summed E-state index contributed by atoms with van der Waals surface area (Å²) in [6, 6.07) is 2.54. The maximum absolute atomic E-state index is 12.6. The third-order valence-corrected chi connectivity index (χ3v) is 4.52. The zero-order valence-corrected chi connectivity index (χ0v) is 13.8. The smallest absolute Gasteiger partial charge is 0.253 e. The highest BCUT2D eigenvalue weighted by molar-refractivity contribution is 5.95. The van der Waals surface area contributed by atoms with E-state index in [1.807, 2.05) is 25.4 Å². The van der Waals surface area contributed by atoms with Crippen molar-refractivity contribution in [1.29, 1.82) is 0 Å². The van der Waals surface area contributed by atoms with Gasteiger partial charge in [-0.2, -0.15) is 0 Å². The monoisotopic (exact) mass is 300 g/mol. The molecule has 1 atom stereocenters. The number of fused-ring (bicyclic) bond motifs is 1. The van der Waals surface area contributed by atoms with Gasteiger partial charge in [0.25, 0.3) is 5.91 Å². The SMILES string of the molecule is Cc1cc(C(=O)N[C@@H]2CCc3nccn3C2)c(C)n1C(C)C. The Hall–Kier alpha value is -2.04. The van der Waals surface area contributed by atoms with Crippen LogP contribution in [0.5, 0.6) is 0 Å². The number of nitrogens with one attached hydrogen (secondary N) is 1. The fourth-order valence-electron chi connectivity index (χ4n) is 3.55. The molecule has 3 heterocycles. The van der Waals surface area contributed by atoms with Crippen molar-refractivity contribution in [3.8, 4) is 0 Å². The van der Waals surface area contributed by atoms with Crippen LogP contribution in [0.25, 0.3) is 0 Å². The van der Waals surface area contributed by atoms with Crippen molar-refractivity contribution < 1.29 is 4.79 Å². The van der Waals surface area contributed by atoms with Gasteiger partial charge >= 0.3 is 0 Å². The zero-order valence-electron chi connectivity index (χ0n) is 13.8. The molecule has 1 amide bonds. The number of imidazole rings is 1. The van der Waals surface area contributed by atoms with E-state index >= 15 is 0 Å². The molecule has 0 unspecified atom stereocenters. The van der Waals surface area contributed by atoms with Gasteiger partial charge in [-0.15, -0.1) is 0 Å². The molecule has 5 heteroatoms. The molecule has 0 saturated heterocycles. The summed E-state index contributed by atoms with van der Waals surface area (Å²) >= 11 is 0. The van der Waals surface area contributed by atoms with E-state index in [9.17, 15) is 4.79 Å². The van der Waals surface area contributed by atoms with Crippen LogP contribution in [-0.2, 0) is 13.0 Å². The highest BCUT2D eigenvalue weighted by Gasteiger charge is 2.23. The van der Waals surface area contributed by atoms with Gasteiger partial charge in [-0.05, 0) is 40.2 Å². The van der Waals surface area contributed by atoms with Crippen LogP contribution in [0.4, 0.5) is 0 Å². The second-order valence-electron chi connectivity index (χ2n) is 6.45. The molecule has 0 fully saturated rings. The first kappa shape index (κ1) is 14.9. The van der Waals surface area contributed by atoms with Crippen LogP contribution >= 0.6 is 0 Å². The van der Waals surface area contributed by atoms with E-state index in [1.54, 1.807) is 0 Å². The van der Waals surface area contributed by atoms with Gasteiger partial charge in [-0.1, -0.05) is 0 Å². The molecule has 2 aromatic rings. The molecule has 0 spiro atoms. The first-order valence-electron chi connectivity index (χ1n) is 7.96. The van der Waals surface area contributed by atoms with Crippen LogP contribution < -0.4 is 5.32 Å². The lowest BCUT2D eigenvalue weighted by molar-refractivity contribution is 0.0927. The standard InChI is InChI=1S/C17H24N4O/c1-11(2)21-12(3)9-15(13(21)4)17(22)19-14-5-6-16-18-7-8-20(16)10-14/h7-9,11,14H,5-6,10H2,1-4H3,(H,19,22)/t14-/m1/s1. The summed E-state index contributed by atoms with van der Waals surface area (Å²) in [7, 11) is 0. The molecule has 2 aromatic heterocycles. The summed E-state index contributed by atoms with van der Waals surface area (Å²) < 4.78 is 4.34. The van der Waals surface area contributed by atoms with E-state index in [-0.39, 0.29) is 11.9 Å². The molecule has 3 rings (SSSR count). The first-order valence-corrected chi connectivity index (χ1v) is 7.96. The van der Waals surface area contributed by atoms with Gasteiger partial charge in [0.2, 0.25) is 0 Å². The van der Waals surface area contributed by atoms with Crippen LogP contribution in [0.15, 0.2) is 18.5 Å². The highest BCUT2D eigenvalue weighted by atomic mass is 16.1. The van der Waals surface area contributed by atoms with Gasteiger partial charge in [0.1, 0.15) is 5.82 Å². The van der Waals surface area contributed by atoms with Crippen molar-refractivity contribution in [2.45, 2.75) is 59.2 Å². The molecule has 1 N–H and O–H groups in total. The summed E-state index contributed by atoms with van der Waals surface area (Å²) in [5.41, 5.74) is 2.98. The largest absolute Gasteiger partial charge is 0.347 e. The van der Waals surface area contributed by atoms with E-state index in [0.29, 0.717) is 6.04 Å². The minimum Gasteiger partial charge on any atom is -0.347 e. The number of aromatic nitrogens is 3. The molecule has 118 valence electrons. The summed E-state index contributed by atoms with van der Waals surface area (Å²) in [5.74, 6) is 1.15. The van der Waals surface area contributed by atoms with Gasteiger partial charge < -0.3 is 14.5 Å². The summed E-state index contributed by atoms with van der Waals surface area (Å²) in [5, 5.41) is 3.19. The number of hydrogen-bond acceptors (Lipinski definition) is 2. The molecule has 0 radical (unpaired) electrons. The molecule has 1 aliphatic rings. The van der Waals surface area contributed by atoms with Crippen molar-refractivity contribution >= 4 is 5.91 Å². The Morgan fingerprint density at radius 2 is 2.18 bits per heavy atom. The van der Waals surface area contributed by atoms with Crippen LogP contribution in [-0.4, -0.2) is 26.1 Å². The maximum Gasteiger partial charge on any atom is 0.253 e. The van der Waals surface area contributed by atoms with E-state index in [1.165, 1.54) is 0 Å². The summed E-state index contributed by atoms with van der Waals surface area (Å²) in [4.78, 5) is 16.9. The Labute approximate surface area is 131 Å². The lowest BCUT2D eigenvalue weighted by Gasteiger charge is -2.24. The van der Waals surface area contributed by atoms with Crippen molar-refractivity contribution in [2.24, 2.45) is 0 Å². The van der Waals surface area contributed by atoms with Crippen LogP contribution in [0.1, 0.15) is 53.9 Å². The van der Waals surface area contributed by atoms with Gasteiger partial charge in [-0.3, -0.25) is 4.79 Å².